The van der Waals surface area contributed by atoms with Crippen LogP contribution < -0.4 is 10.9 Å². The minimum absolute atomic E-state index is 0.00188. The number of carbonyl (C=O) groups is 1. The van der Waals surface area contributed by atoms with E-state index < -0.39 is 0 Å². The van der Waals surface area contributed by atoms with Crippen molar-refractivity contribution in [3.8, 4) is 5.82 Å². The number of hydrogen-bond acceptors (Lipinski definition) is 6. The highest BCUT2D eigenvalue weighted by Gasteiger charge is 2.26. The summed E-state index contributed by atoms with van der Waals surface area (Å²) in [6, 6.07) is 4.97. The van der Waals surface area contributed by atoms with Crippen LogP contribution in [-0.2, 0) is 0 Å². The molecule has 0 atom stereocenters. The molecule has 146 valence electrons. The van der Waals surface area contributed by atoms with Crippen molar-refractivity contribution in [1.29, 1.82) is 0 Å². The molecule has 0 aliphatic heterocycles. The van der Waals surface area contributed by atoms with Gasteiger partial charge >= 0.3 is 0 Å². The summed E-state index contributed by atoms with van der Waals surface area (Å²) in [5, 5.41) is 11.6. The third-order valence-corrected chi connectivity index (χ3v) is 5.13. The second kappa shape index (κ2) is 7.41. The van der Waals surface area contributed by atoms with Crippen LogP contribution in [0, 0.1) is 13.8 Å². The maximum Gasteiger partial charge on any atom is 0.267 e. The molecule has 3 aromatic heterocycles. The van der Waals surface area contributed by atoms with Crippen molar-refractivity contribution in [3.05, 3.63) is 58.3 Å². The fourth-order valence-electron chi connectivity index (χ4n) is 3.71. The van der Waals surface area contributed by atoms with Crippen molar-refractivity contribution in [3.63, 3.8) is 0 Å². The first-order valence-corrected chi connectivity index (χ1v) is 9.34. The van der Waals surface area contributed by atoms with Gasteiger partial charge in [-0.25, -0.2) is 14.3 Å². The highest BCUT2D eigenvalue weighted by molar-refractivity contribution is 5.95. The quantitative estimate of drug-likeness (QED) is 0.739. The molecule has 4 rings (SSSR count). The maximum atomic E-state index is 12.5. The van der Waals surface area contributed by atoms with Crippen molar-refractivity contribution in [2.45, 2.75) is 51.6 Å². The number of furan rings is 1. The molecule has 1 saturated carbocycles. The molecule has 1 amide bonds. The molecular weight excluding hydrogens is 360 g/mol. The number of amides is 1. The summed E-state index contributed by atoms with van der Waals surface area (Å²) in [5.74, 6) is 1.80. The second-order valence-electron chi connectivity index (χ2n) is 7.12. The molecule has 0 radical (unpaired) electrons. The molecule has 3 aromatic rings. The third-order valence-electron chi connectivity index (χ3n) is 5.13. The SMILES string of the molecule is Cc1cc(C(=O)NC2CCC(n3nc(-n4cncn4)ccc3=O)CC2)c(C)o1. The summed E-state index contributed by atoms with van der Waals surface area (Å²) < 4.78 is 8.49. The molecule has 0 unspecified atom stereocenters. The first kappa shape index (κ1) is 18.1. The number of carbonyl (C=O) groups excluding carboxylic acids is 1. The molecule has 0 aromatic carbocycles. The van der Waals surface area contributed by atoms with E-state index in [1.807, 2.05) is 6.92 Å². The number of hydrogen-bond donors (Lipinski definition) is 1. The van der Waals surface area contributed by atoms with Crippen molar-refractivity contribution < 1.29 is 9.21 Å². The summed E-state index contributed by atoms with van der Waals surface area (Å²) >= 11 is 0. The van der Waals surface area contributed by atoms with Gasteiger partial charge in [0.25, 0.3) is 11.5 Å². The van der Waals surface area contributed by atoms with E-state index in [1.165, 1.54) is 21.8 Å². The van der Waals surface area contributed by atoms with Gasteiger partial charge in [0, 0.05) is 12.1 Å². The van der Waals surface area contributed by atoms with Crippen LogP contribution in [0.5, 0.6) is 0 Å². The number of aryl methyl sites for hydroxylation is 2. The van der Waals surface area contributed by atoms with Gasteiger partial charge in [0.05, 0.1) is 11.6 Å². The lowest BCUT2D eigenvalue weighted by molar-refractivity contribution is 0.0920. The number of nitrogens with zero attached hydrogens (tertiary/aromatic N) is 5. The normalized spacial score (nSPS) is 19.5. The predicted molar refractivity (Wildman–Crippen MR) is 100 cm³/mol. The van der Waals surface area contributed by atoms with Crippen LogP contribution >= 0.6 is 0 Å². The zero-order valence-corrected chi connectivity index (χ0v) is 15.8. The summed E-state index contributed by atoms with van der Waals surface area (Å²) in [5.41, 5.74) is 0.443. The van der Waals surface area contributed by atoms with E-state index in [-0.39, 0.29) is 23.6 Å². The van der Waals surface area contributed by atoms with Gasteiger partial charge in [-0.1, -0.05) is 0 Å². The predicted octanol–water partition coefficient (Wildman–Crippen LogP) is 1.95. The van der Waals surface area contributed by atoms with E-state index in [2.05, 4.69) is 20.5 Å². The highest BCUT2D eigenvalue weighted by atomic mass is 16.3. The first-order chi connectivity index (χ1) is 13.5. The Morgan fingerprint density at radius 2 is 2.00 bits per heavy atom. The lowest BCUT2D eigenvalue weighted by Gasteiger charge is -2.29. The van der Waals surface area contributed by atoms with E-state index in [4.69, 9.17) is 4.42 Å². The lowest BCUT2D eigenvalue weighted by atomic mass is 9.91. The van der Waals surface area contributed by atoms with Crippen molar-refractivity contribution >= 4 is 5.91 Å². The molecule has 28 heavy (non-hydrogen) atoms. The van der Waals surface area contributed by atoms with Crippen LogP contribution in [-0.4, -0.2) is 36.5 Å². The van der Waals surface area contributed by atoms with E-state index in [0.29, 0.717) is 17.1 Å². The molecule has 0 saturated heterocycles. The monoisotopic (exact) mass is 382 g/mol. The Balaban J connectivity index is 1.42. The van der Waals surface area contributed by atoms with Gasteiger partial charge in [-0.15, -0.1) is 5.10 Å². The Labute approximate surface area is 161 Å². The summed E-state index contributed by atoms with van der Waals surface area (Å²) in [6.45, 7) is 3.62. The van der Waals surface area contributed by atoms with Gasteiger partial charge in [0.2, 0.25) is 0 Å². The molecular formula is C19H22N6O3. The van der Waals surface area contributed by atoms with Crippen LogP contribution in [0.25, 0.3) is 5.82 Å². The number of aromatic nitrogens is 5. The molecule has 1 aliphatic rings. The van der Waals surface area contributed by atoms with Crippen LogP contribution in [0.3, 0.4) is 0 Å². The number of nitrogens with one attached hydrogen (secondary N) is 1. The minimum Gasteiger partial charge on any atom is -0.466 e. The van der Waals surface area contributed by atoms with Crippen LogP contribution in [0.15, 0.2) is 40.1 Å². The molecule has 1 aliphatic carbocycles. The Morgan fingerprint density at radius 1 is 1.21 bits per heavy atom. The molecule has 9 heteroatoms. The van der Waals surface area contributed by atoms with Crippen LogP contribution in [0.4, 0.5) is 0 Å². The fraction of sp³-hybridized carbons (Fsp3) is 0.421. The fourth-order valence-corrected chi connectivity index (χ4v) is 3.71. The summed E-state index contributed by atoms with van der Waals surface area (Å²) in [4.78, 5) is 28.7. The Bertz CT molecular complexity index is 1030. The second-order valence-corrected chi connectivity index (χ2v) is 7.12. The van der Waals surface area contributed by atoms with Gasteiger partial charge < -0.3 is 9.73 Å². The lowest BCUT2D eigenvalue weighted by Crippen LogP contribution is -2.39. The van der Waals surface area contributed by atoms with Crippen molar-refractivity contribution in [2.75, 3.05) is 0 Å². The van der Waals surface area contributed by atoms with Gasteiger partial charge in [-0.2, -0.15) is 5.10 Å². The van der Waals surface area contributed by atoms with Crippen LogP contribution in [0.2, 0.25) is 0 Å². The molecule has 9 nitrogen and oxygen atoms in total. The van der Waals surface area contributed by atoms with E-state index in [0.717, 1.165) is 31.4 Å². The molecule has 0 spiro atoms. The summed E-state index contributed by atoms with van der Waals surface area (Å²) in [6.07, 6.45) is 6.07. The molecule has 3 heterocycles. The molecule has 1 fully saturated rings. The van der Waals surface area contributed by atoms with E-state index >= 15 is 0 Å². The Morgan fingerprint density at radius 3 is 2.64 bits per heavy atom. The minimum atomic E-state index is -0.138. The van der Waals surface area contributed by atoms with Gasteiger partial charge in [-0.05, 0) is 51.7 Å². The van der Waals surface area contributed by atoms with Crippen LogP contribution in [0.1, 0.15) is 53.6 Å². The summed E-state index contributed by atoms with van der Waals surface area (Å²) in [7, 11) is 0. The average molecular weight is 382 g/mol. The highest BCUT2D eigenvalue weighted by Crippen LogP contribution is 2.27. The van der Waals surface area contributed by atoms with Gasteiger partial charge in [-0.3, -0.25) is 9.59 Å². The largest absolute Gasteiger partial charge is 0.466 e. The van der Waals surface area contributed by atoms with Crippen molar-refractivity contribution in [1.82, 2.24) is 29.9 Å². The van der Waals surface area contributed by atoms with Gasteiger partial charge in [0.1, 0.15) is 24.2 Å². The third kappa shape index (κ3) is 3.60. The van der Waals surface area contributed by atoms with Gasteiger partial charge in [0.15, 0.2) is 5.82 Å². The standard InChI is InChI=1S/C19H22N6O3/c1-12-9-16(13(2)28-12)19(27)22-14-3-5-15(6-4-14)25-18(26)8-7-17(23-25)24-11-20-10-21-24/h7-11,14-15H,3-6H2,1-2H3,(H,22,27). The maximum absolute atomic E-state index is 12.5. The Hall–Kier alpha value is -3.23. The smallest absolute Gasteiger partial charge is 0.267 e. The molecule has 0 bridgehead atoms. The van der Waals surface area contributed by atoms with Crippen molar-refractivity contribution in [2.24, 2.45) is 0 Å². The Kier molecular flexibility index (Phi) is 4.81. The average Bonchev–Trinajstić information content (AvgIpc) is 3.32. The zero-order valence-electron chi connectivity index (χ0n) is 15.8. The zero-order chi connectivity index (χ0) is 19.7. The topological polar surface area (TPSA) is 108 Å². The van der Waals surface area contributed by atoms with E-state index in [9.17, 15) is 9.59 Å². The van der Waals surface area contributed by atoms with E-state index in [1.54, 1.807) is 25.4 Å². The molecule has 1 N–H and O–H groups in total. The first-order valence-electron chi connectivity index (χ1n) is 9.34. The number of rotatable bonds is 4.